The van der Waals surface area contributed by atoms with Crippen LogP contribution in [0, 0.1) is 16.7 Å². The van der Waals surface area contributed by atoms with Crippen LogP contribution < -0.4 is 10.6 Å². The SMILES string of the molecule is CC(NCC1C(C)(C)C1(C)C)C(=O)NCC(F)(F)F. The molecule has 6 heteroatoms. The van der Waals surface area contributed by atoms with Crippen LogP contribution in [-0.4, -0.2) is 31.2 Å². The number of nitrogens with one attached hydrogen (secondary N) is 2. The van der Waals surface area contributed by atoms with E-state index in [2.05, 4.69) is 33.0 Å². The van der Waals surface area contributed by atoms with Crippen molar-refractivity contribution in [2.45, 2.75) is 46.8 Å². The summed E-state index contributed by atoms with van der Waals surface area (Å²) in [5.41, 5.74) is 0.393. The van der Waals surface area contributed by atoms with Crippen molar-refractivity contribution in [3.63, 3.8) is 0 Å². The summed E-state index contributed by atoms with van der Waals surface area (Å²) in [5, 5.41) is 4.89. The highest BCUT2D eigenvalue weighted by atomic mass is 19.4. The van der Waals surface area contributed by atoms with Gasteiger partial charge in [-0.2, -0.15) is 13.2 Å². The van der Waals surface area contributed by atoms with E-state index in [0.717, 1.165) is 0 Å². The third-order valence-corrected chi connectivity index (χ3v) is 4.80. The largest absolute Gasteiger partial charge is 0.405 e. The van der Waals surface area contributed by atoms with Gasteiger partial charge in [-0.1, -0.05) is 27.7 Å². The summed E-state index contributed by atoms with van der Waals surface area (Å²) < 4.78 is 35.9. The molecule has 1 amide bonds. The summed E-state index contributed by atoms with van der Waals surface area (Å²) in [6.45, 7) is 9.58. The Bertz CT molecular complexity index is 336. The Morgan fingerprint density at radius 2 is 1.68 bits per heavy atom. The molecular formula is C13H23F3N2O. The maximum atomic E-state index is 12.0. The first-order valence-corrected chi connectivity index (χ1v) is 6.47. The van der Waals surface area contributed by atoms with Crippen molar-refractivity contribution >= 4 is 5.91 Å². The first-order valence-electron chi connectivity index (χ1n) is 6.47. The van der Waals surface area contributed by atoms with Crippen LogP contribution in [0.15, 0.2) is 0 Å². The van der Waals surface area contributed by atoms with Crippen molar-refractivity contribution in [1.29, 1.82) is 0 Å². The Balaban J connectivity index is 2.33. The smallest absolute Gasteiger partial charge is 0.346 e. The molecule has 19 heavy (non-hydrogen) atoms. The molecular weight excluding hydrogens is 257 g/mol. The summed E-state index contributed by atoms with van der Waals surface area (Å²) >= 11 is 0. The van der Waals surface area contributed by atoms with Gasteiger partial charge in [0.2, 0.25) is 5.91 Å². The molecule has 0 bridgehead atoms. The number of carbonyl (C=O) groups is 1. The summed E-state index contributed by atoms with van der Waals surface area (Å²) in [5.74, 6) is -0.188. The number of halogens is 3. The van der Waals surface area contributed by atoms with E-state index in [0.29, 0.717) is 12.5 Å². The molecule has 0 aromatic carbocycles. The van der Waals surface area contributed by atoms with Crippen LogP contribution in [0.3, 0.4) is 0 Å². The third-order valence-electron chi connectivity index (χ3n) is 4.80. The van der Waals surface area contributed by atoms with Crippen molar-refractivity contribution < 1.29 is 18.0 Å². The van der Waals surface area contributed by atoms with Crippen LogP contribution in [0.4, 0.5) is 13.2 Å². The van der Waals surface area contributed by atoms with Crippen LogP contribution >= 0.6 is 0 Å². The standard InChI is InChI=1S/C13H23F3N2O/c1-8(10(19)18-7-13(14,15)16)17-6-9-11(2,3)12(9,4)5/h8-9,17H,6-7H2,1-5H3,(H,18,19). The zero-order valence-corrected chi connectivity index (χ0v) is 12.1. The first-order chi connectivity index (χ1) is 8.39. The lowest BCUT2D eigenvalue weighted by atomic mass is 10.0. The van der Waals surface area contributed by atoms with Crippen LogP contribution in [0.25, 0.3) is 0 Å². The van der Waals surface area contributed by atoms with E-state index in [9.17, 15) is 18.0 Å². The second-order valence-corrected chi connectivity index (χ2v) is 6.46. The summed E-state index contributed by atoms with van der Waals surface area (Å²) in [4.78, 5) is 11.5. The van der Waals surface area contributed by atoms with Crippen molar-refractivity contribution in [2.24, 2.45) is 16.7 Å². The summed E-state index contributed by atoms with van der Waals surface area (Å²) in [7, 11) is 0. The summed E-state index contributed by atoms with van der Waals surface area (Å²) in [6, 6.07) is -0.616. The average Bonchev–Trinajstić information content (AvgIpc) is 2.62. The second-order valence-electron chi connectivity index (χ2n) is 6.46. The molecule has 0 aromatic heterocycles. The van der Waals surface area contributed by atoms with Crippen LogP contribution in [0.1, 0.15) is 34.6 Å². The van der Waals surface area contributed by atoms with Gasteiger partial charge in [-0.15, -0.1) is 0 Å². The first kappa shape index (κ1) is 16.3. The number of hydrogen-bond donors (Lipinski definition) is 2. The fourth-order valence-electron chi connectivity index (χ4n) is 2.57. The Morgan fingerprint density at radius 1 is 1.21 bits per heavy atom. The Kier molecular flexibility index (Phi) is 4.25. The molecule has 0 heterocycles. The van der Waals surface area contributed by atoms with Gasteiger partial charge in [0.15, 0.2) is 0 Å². The molecule has 0 aliphatic heterocycles. The summed E-state index contributed by atoms with van der Waals surface area (Å²) in [6.07, 6.45) is -4.37. The molecule has 0 saturated heterocycles. The molecule has 2 N–H and O–H groups in total. The van der Waals surface area contributed by atoms with Gasteiger partial charge in [0, 0.05) is 0 Å². The molecule has 0 radical (unpaired) electrons. The molecule has 0 spiro atoms. The molecule has 1 rings (SSSR count). The third kappa shape index (κ3) is 3.61. The molecule has 1 saturated carbocycles. The lowest BCUT2D eigenvalue weighted by molar-refractivity contribution is -0.139. The number of carbonyl (C=O) groups excluding carboxylic acids is 1. The van der Waals surface area contributed by atoms with Gasteiger partial charge in [-0.3, -0.25) is 4.79 Å². The van der Waals surface area contributed by atoms with E-state index in [1.165, 1.54) is 0 Å². The number of alkyl halides is 3. The molecule has 1 unspecified atom stereocenters. The molecule has 1 fully saturated rings. The highest BCUT2D eigenvalue weighted by Gasteiger charge is 2.63. The van der Waals surface area contributed by atoms with Crippen molar-refractivity contribution in [1.82, 2.24) is 10.6 Å². The van der Waals surface area contributed by atoms with Gasteiger partial charge in [-0.05, 0) is 30.2 Å². The molecule has 112 valence electrons. The number of amides is 1. The van der Waals surface area contributed by atoms with Gasteiger partial charge in [-0.25, -0.2) is 0 Å². The maximum absolute atomic E-state index is 12.0. The number of hydrogen-bond acceptors (Lipinski definition) is 2. The van der Waals surface area contributed by atoms with Crippen molar-refractivity contribution in [2.75, 3.05) is 13.1 Å². The Hall–Kier alpha value is -0.780. The predicted octanol–water partition coefficient (Wildman–Crippen LogP) is 2.33. The fraction of sp³-hybridized carbons (Fsp3) is 0.923. The predicted molar refractivity (Wildman–Crippen MR) is 67.6 cm³/mol. The Labute approximate surface area is 112 Å². The maximum Gasteiger partial charge on any atom is 0.405 e. The highest BCUT2D eigenvalue weighted by molar-refractivity contribution is 5.81. The zero-order valence-electron chi connectivity index (χ0n) is 12.1. The lowest BCUT2D eigenvalue weighted by Crippen LogP contribution is -2.46. The van der Waals surface area contributed by atoms with E-state index in [4.69, 9.17) is 0 Å². The number of rotatable bonds is 5. The van der Waals surface area contributed by atoms with E-state index in [1.54, 1.807) is 6.92 Å². The second kappa shape index (κ2) is 4.96. The van der Waals surface area contributed by atoms with Gasteiger partial charge >= 0.3 is 6.18 Å². The molecule has 3 nitrogen and oxygen atoms in total. The van der Waals surface area contributed by atoms with E-state index >= 15 is 0 Å². The zero-order chi connectivity index (χ0) is 15.1. The minimum absolute atomic E-state index is 0.197. The highest BCUT2D eigenvalue weighted by Crippen LogP contribution is 2.67. The van der Waals surface area contributed by atoms with E-state index < -0.39 is 24.7 Å². The van der Waals surface area contributed by atoms with E-state index in [-0.39, 0.29) is 10.8 Å². The molecule has 1 aliphatic rings. The average molecular weight is 280 g/mol. The lowest BCUT2D eigenvalue weighted by Gasteiger charge is -2.15. The monoisotopic (exact) mass is 280 g/mol. The van der Waals surface area contributed by atoms with Crippen molar-refractivity contribution in [3.8, 4) is 0 Å². The molecule has 0 aromatic rings. The Morgan fingerprint density at radius 3 is 2.05 bits per heavy atom. The van der Waals surface area contributed by atoms with E-state index in [1.807, 2.05) is 5.32 Å². The van der Waals surface area contributed by atoms with Crippen LogP contribution in [0.5, 0.6) is 0 Å². The van der Waals surface area contributed by atoms with Gasteiger partial charge in [0.05, 0.1) is 6.04 Å². The molecule has 1 aliphatic carbocycles. The fourth-order valence-corrected chi connectivity index (χ4v) is 2.57. The molecule has 1 atom stereocenters. The van der Waals surface area contributed by atoms with Crippen LogP contribution in [0.2, 0.25) is 0 Å². The minimum atomic E-state index is -4.37. The quantitative estimate of drug-likeness (QED) is 0.811. The van der Waals surface area contributed by atoms with Gasteiger partial charge in [0.25, 0.3) is 0 Å². The van der Waals surface area contributed by atoms with Crippen LogP contribution in [-0.2, 0) is 4.79 Å². The topological polar surface area (TPSA) is 41.1 Å². The normalized spacial score (nSPS) is 22.9. The van der Waals surface area contributed by atoms with Gasteiger partial charge in [0.1, 0.15) is 6.54 Å². The van der Waals surface area contributed by atoms with Gasteiger partial charge < -0.3 is 10.6 Å². The minimum Gasteiger partial charge on any atom is -0.346 e. The van der Waals surface area contributed by atoms with Crippen molar-refractivity contribution in [3.05, 3.63) is 0 Å².